The average Bonchev–Trinajstić information content (AvgIpc) is 1.99. The first-order chi connectivity index (χ1) is 6.77. The number of unbranched alkanes of at least 4 members (excludes halogenated alkanes) is 3. The molecule has 0 aromatic carbocycles. The summed E-state index contributed by atoms with van der Waals surface area (Å²) in [5.74, 6) is 0. The van der Waals surface area contributed by atoms with Gasteiger partial charge in [-0.05, 0) is 31.0 Å². The second-order valence-corrected chi connectivity index (χ2v) is 10.4. The molecule has 0 aliphatic carbocycles. The molecule has 0 aliphatic rings. The van der Waals surface area contributed by atoms with Crippen LogP contribution < -0.4 is 18.9 Å². The van der Waals surface area contributed by atoms with Crippen molar-refractivity contribution in [3.63, 3.8) is 0 Å². The molecular weight excluding hydrogens is 207 g/mol. The van der Waals surface area contributed by atoms with Crippen LogP contribution >= 0.6 is 0 Å². The SMILES string of the molecule is [CH2-]CCCCCO[Si](C)(C)CC(C)(C)C.[Li+]. The van der Waals surface area contributed by atoms with Gasteiger partial charge < -0.3 is 11.3 Å². The predicted octanol–water partition coefficient (Wildman–Crippen LogP) is 1.65. The van der Waals surface area contributed by atoms with Crippen LogP contribution in [0.2, 0.25) is 19.1 Å². The van der Waals surface area contributed by atoms with Crippen molar-refractivity contribution in [3.8, 4) is 0 Å². The first-order valence-corrected chi connectivity index (χ1v) is 9.32. The summed E-state index contributed by atoms with van der Waals surface area (Å²) in [5, 5.41) is 0. The van der Waals surface area contributed by atoms with Gasteiger partial charge in [0.2, 0.25) is 0 Å². The van der Waals surface area contributed by atoms with Gasteiger partial charge in [-0.3, -0.25) is 0 Å². The van der Waals surface area contributed by atoms with E-state index in [1.54, 1.807) is 0 Å². The maximum absolute atomic E-state index is 6.07. The van der Waals surface area contributed by atoms with Crippen LogP contribution in [0.15, 0.2) is 0 Å². The molecule has 0 N–H and O–H groups in total. The third-order valence-corrected chi connectivity index (χ3v) is 5.24. The summed E-state index contributed by atoms with van der Waals surface area (Å²) in [7, 11) is -1.41. The van der Waals surface area contributed by atoms with Gasteiger partial charge in [0.25, 0.3) is 0 Å². The van der Waals surface area contributed by atoms with Gasteiger partial charge in [0.05, 0.1) is 0 Å². The fourth-order valence-electron chi connectivity index (χ4n) is 2.13. The van der Waals surface area contributed by atoms with Crippen LogP contribution in [-0.4, -0.2) is 14.9 Å². The molecule has 0 bridgehead atoms. The topological polar surface area (TPSA) is 9.23 Å². The van der Waals surface area contributed by atoms with Crippen molar-refractivity contribution in [2.45, 2.75) is 65.6 Å². The van der Waals surface area contributed by atoms with Crippen molar-refractivity contribution in [3.05, 3.63) is 6.92 Å². The molecule has 0 aromatic rings. The van der Waals surface area contributed by atoms with Gasteiger partial charge in [0, 0.05) is 6.61 Å². The largest absolute Gasteiger partial charge is 1.00 e. The summed E-state index contributed by atoms with van der Waals surface area (Å²) < 4.78 is 6.07. The van der Waals surface area contributed by atoms with Crippen molar-refractivity contribution in [2.24, 2.45) is 5.41 Å². The Morgan fingerprint density at radius 1 is 1.06 bits per heavy atom. The van der Waals surface area contributed by atoms with E-state index in [-0.39, 0.29) is 18.9 Å². The summed E-state index contributed by atoms with van der Waals surface area (Å²) in [6, 6.07) is 1.25. The van der Waals surface area contributed by atoms with Crippen molar-refractivity contribution in [2.75, 3.05) is 6.61 Å². The van der Waals surface area contributed by atoms with E-state index in [9.17, 15) is 0 Å². The van der Waals surface area contributed by atoms with Crippen LogP contribution in [0.4, 0.5) is 0 Å². The Labute approximate surface area is 116 Å². The van der Waals surface area contributed by atoms with E-state index in [0.717, 1.165) is 13.0 Å². The van der Waals surface area contributed by atoms with E-state index in [1.165, 1.54) is 25.3 Å². The Hall–Kier alpha value is 0.774. The Morgan fingerprint density at radius 3 is 2.06 bits per heavy atom. The zero-order valence-electron chi connectivity index (χ0n) is 12.4. The number of hydrogen-bond acceptors (Lipinski definition) is 1. The molecule has 0 saturated carbocycles. The van der Waals surface area contributed by atoms with Crippen LogP contribution in [0.25, 0.3) is 0 Å². The standard InChI is InChI=1S/C13H29OSi.Li/c1-7-8-9-10-11-14-15(5,6)12-13(2,3)4;/h1,7-12H2,2-6H3;/q-1;+1. The first-order valence-electron chi connectivity index (χ1n) is 6.20. The third kappa shape index (κ3) is 12.8. The molecule has 0 saturated heterocycles. The Bertz CT molecular complexity index is 164. The van der Waals surface area contributed by atoms with E-state index < -0.39 is 8.32 Å². The van der Waals surface area contributed by atoms with E-state index in [4.69, 9.17) is 4.43 Å². The van der Waals surface area contributed by atoms with Crippen LogP contribution in [0.5, 0.6) is 0 Å². The first kappa shape index (κ1) is 19.1. The number of rotatable bonds is 7. The Morgan fingerprint density at radius 2 is 1.62 bits per heavy atom. The van der Waals surface area contributed by atoms with E-state index in [0.29, 0.717) is 5.41 Å². The normalized spacial score (nSPS) is 12.4. The number of hydrogen-bond donors (Lipinski definition) is 0. The minimum Gasteiger partial charge on any atom is -0.417 e. The molecule has 0 radical (unpaired) electrons. The predicted molar refractivity (Wildman–Crippen MR) is 71.5 cm³/mol. The summed E-state index contributed by atoms with van der Waals surface area (Å²) in [6.45, 7) is 16.4. The summed E-state index contributed by atoms with van der Waals surface area (Å²) in [4.78, 5) is 0. The van der Waals surface area contributed by atoms with Gasteiger partial charge in [0.1, 0.15) is 0 Å². The molecule has 1 nitrogen and oxygen atoms in total. The fourth-order valence-corrected chi connectivity index (χ4v) is 5.49. The second-order valence-electron chi connectivity index (χ2n) is 6.26. The molecule has 16 heavy (non-hydrogen) atoms. The molecule has 0 atom stereocenters. The monoisotopic (exact) mass is 236 g/mol. The van der Waals surface area contributed by atoms with Gasteiger partial charge in [-0.2, -0.15) is 6.42 Å². The minimum absolute atomic E-state index is 0. The van der Waals surface area contributed by atoms with Gasteiger partial charge >= 0.3 is 18.9 Å². The zero-order chi connectivity index (χ0) is 11.9. The quantitative estimate of drug-likeness (QED) is 0.371. The van der Waals surface area contributed by atoms with Crippen molar-refractivity contribution >= 4 is 8.32 Å². The van der Waals surface area contributed by atoms with Gasteiger partial charge in [-0.15, -0.1) is 0 Å². The van der Waals surface area contributed by atoms with Crippen LogP contribution in [0, 0.1) is 12.3 Å². The maximum Gasteiger partial charge on any atom is 1.00 e. The van der Waals surface area contributed by atoms with Gasteiger partial charge in [-0.25, -0.2) is 0 Å². The Kier molecular flexibility index (Phi) is 10.5. The van der Waals surface area contributed by atoms with Gasteiger partial charge in [0.15, 0.2) is 8.32 Å². The van der Waals surface area contributed by atoms with Gasteiger partial charge in [-0.1, -0.05) is 33.6 Å². The van der Waals surface area contributed by atoms with Crippen LogP contribution in [-0.2, 0) is 4.43 Å². The van der Waals surface area contributed by atoms with Crippen molar-refractivity contribution in [1.29, 1.82) is 0 Å². The smallest absolute Gasteiger partial charge is 0.417 e. The molecule has 3 heteroatoms. The summed E-state index contributed by atoms with van der Waals surface area (Å²) in [6.07, 6.45) is 4.77. The zero-order valence-corrected chi connectivity index (χ0v) is 13.4. The van der Waals surface area contributed by atoms with Crippen molar-refractivity contribution in [1.82, 2.24) is 0 Å². The molecule has 0 heterocycles. The van der Waals surface area contributed by atoms with E-state index in [1.807, 2.05) is 0 Å². The molecule has 0 rings (SSSR count). The molecule has 0 aromatic heterocycles. The average molecular weight is 236 g/mol. The summed E-state index contributed by atoms with van der Waals surface area (Å²) >= 11 is 0. The molecule has 0 aliphatic heterocycles. The fraction of sp³-hybridized carbons (Fsp3) is 0.923. The molecule has 0 spiro atoms. The second kappa shape index (κ2) is 8.81. The van der Waals surface area contributed by atoms with Crippen molar-refractivity contribution < 1.29 is 23.3 Å². The minimum atomic E-state index is -1.41. The third-order valence-electron chi connectivity index (χ3n) is 2.34. The molecular formula is C13H29LiOSi. The van der Waals surface area contributed by atoms with E-state index in [2.05, 4.69) is 40.8 Å². The maximum atomic E-state index is 6.07. The van der Waals surface area contributed by atoms with Crippen LogP contribution in [0.1, 0.15) is 46.5 Å². The summed E-state index contributed by atoms with van der Waals surface area (Å²) in [5.41, 5.74) is 0.406. The Balaban J connectivity index is 0. The van der Waals surface area contributed by atoms with Crippen LogP contribution in [0.3, 0.4) is 0 Å². The van der Waals surface area contributed by atoms with E-state index >= 15 is 0 Å². The molecule has 0 unspecified atom stereocenters. The molecule has 0 fully saturated rings. The molecule has 0 amide bonds. The molecule has 92 valence electrons.